The molecule has 0 aliphatic carbocycles. The zero-order valence-electron chi connectivity index (χ0n) is 13.3. The van der Waals surface area contributed by atoms with Crippen LogP contribution >= 0.6 is 11.6 Å². The maximum atomic E-state index is 11.9. The predicted octanol–water partition coefficient (Wildman–Crippen LogP) is 2.57. The first-order chi connectivity index (χ1) is 9.85. The van der Waals surface area contributed by atoms with Crippen LogP contribution in [0.4, 0.5) is 0 Å². The molecule has 0 saturated carbocycles. The lowest BCUT2D eigenvalue weighted by Gasteiger charge is -2.32. The van der Waals surface area contributed by atoms with E-state index in [1.54, 1.807) is 0 Å². The highest BCUT2D eigenvalue weighted by Gasteiger charge is 2.22. The number of benzene rings is 1. The summed E-state index contributed by atoms with van der Waals surface area (Å²) in [7, 11) is 1.99. The number of hydrogen-bond acceptors (Lipinski definition) is 3. The lowest BCUT2D eigenvalue weighted by atomic mass is 10.0. The molecule has 1 aromatic carbocycles. The van der Waals surface area contributed by atoms with Crippen molar-refractivity contribution in [3.63, 3.8) is 0 Å². The number of nitrogens with zero attached hydrogens (tertiary/aromatic N) is 1. The molecule has 0 saturated heterocycles. The summed E-state index contributed by atoms with van der Waals surface area (Å²) >= 11 is 6.04. The van der Waals surface area contributed by atoms with Crippen LogP contribution < -0.4 is 11.1 Å². The van der Waals surface area contributed by atoms with Gasteiger partial charge in [-0.1, -0.05) is 23.7 Å². The Morgan fingerprint density at radius 1 is 1.38 bits per heavy atom. The Labute approximate surface area is 132 Å². The van der Waals surface area contributed by atoms with E-state index in [0.717, 1.165) is 10.6 Å². The number of hydrogen-bond donors (Lipinski definition) is 2. The van der Waals surface area contributed by atoms with Crippen LogP contribution in [0.15, 0.2) is 24.3 Å². The summed E-state index contributed by atoms with van der Waals surface area (Å²) in [5.74, 6) is 0.0330. The van der Waals surface area contributed by atoms with Crippen molar-refractivity contribution in [3.05, 3.63) is 34.9 Å². The number of nitrogens with two attached hydrogens (primary N) is 1. The molecule has 2 unspecified atom stereocenters. The molecule has 0 aliphatic heterocycles. The number of likely N-dealkylation sites (N-methyl/N-ethyl adjacent to an activating group) is 1. The first kappa shape index (κ1) is 18.0. The standard InChI is InChI=1S/C16H26ClN3O/c1-11(2)19-16(21)9-15(10-18)20(4)12(3)13-6-5-7-14(17)8-13/h5-8,11-12,15H,9-10,18H2,1-4H3,(H,19,21). The van der Waals surface area contributed by atoms with Crippen molar-refractivity contribution in [2.24, 2.45) is 5.73 Å². The van der Waals surface area contributed by atoms with Crippen molar-refractivity contribution in [1.82, 2.24) is 10.2 Å². The van der Waals surface area contributed by atoms with Crippen LogP contribution in [0, 0.1) is 0 Å². The van der Waals surface area contributed by atoms with Crippen molar-refractivity contribution >= 4 is 17.5 Å². The summed E-state index contributed by atoms with van der Waals surface area (Å²) in [6, 6.07) is 8.06. The molecule has 1 aromatic rings. The van der Waals surface area contributed by atoms with E-state index < -0.39 is 0 Å². The van der Waals surface area contributed by atoms with Crippen molar-refractivity contribution in [1.29, 1.82) is 0 Å². The van der Waals surface area contributed by atoms with Gasteiger partial charge in [0.1, 0.15) is 0 Å². The quantitative estimate of drug-likeness (QED) is 0.813. The fourth-order valence-electron chi connectivity index (χ4n) is 2.31. The molecule has 5 heteroatoms. The molecule has 118 valence electrons. The summed E-state index contributed by atoms with van der Waals surface area (Å²) in [5, 5.41) is 3.63. The van der Waals surface area contributed by atoms with Crippen molar-refractivity contribution < 1.29 is 4.79 Å². The van der Waals surface area contributed by atoms with Crippen molar-refractivity contribution in [2.45, 2.75) is 45.3 Å². The number of rotatable bonds is 7. The van der Waals surface area contributed by atoms with E-state index in [2.05, 4.69) is 17.1 Å². The number of nitrogens with one attached hydrogen (secondary N) is 1. The predicted molar refractivity (Wildman–Crippen MR) is 88.4 cm³/mol. The van der Waals surface area contributed by atoms with E-state index >= 15 is 0 Å². The second-order valence-corrected chi connectivity index (χ2v) is 6.15. The first-order valence-corrected chi connectivity index (χ1v) is 7.69. The third-order valence-electron chi connectivity index (χ3n) is 3.66. The smallest absolute Gasteiger partial charge is 0.221 e. The molecule has 0 bridgehead atoms. The minimum absolute atomic E-state index is 0.00210. The largest absolute Gasteiger partial charge is 0.354 e. The van der Waals surface area contributed by atoms with Gasteiger partial charge in [-0.25, -0.2) is 0 Å². The molecule has 0 aliphatic rings. The van der Waals surface area contributed by atoms with Gasteiger partial charge in [-0.15, -0.1) is 0 Å². The van der Waals surface area contributed by atoms with Gasteiger partial charge in [0, 0.05) is 36.1 Å². The lowest BCUT2D eigenvalue weighted by molar-refractivity contribution is -0.122. The van der Waals surface area contributed by atoms with Gasteiger partial charge in [-0.3, -0.25) is 9.69 Å². The Morgan fingerprint density at radius 2 is 2.05 bits per heavy atom. The van der Waals surface area contributed by atoms with Crippen LogP contribution in [-0.4, -0.2) is 36.5 Å². The Hall–Kier alpha value is -1.10. The first-order valence-electron chi connectivity index (χ1n) is 7.32. The van der Waals surface area contributed by atoms with E-state index in [0.29, 0.717) is 13.0 Å². The summed E-state index contributed by atoms with van der Waals surface area (Å²) < 4.78 is 0. The number of carbonyl (C=O) groups is 1. The summed E-state index contributed by atoms with van der Waals surface area (Å²) in [5.41, 5.74) is 6.97. The summed E-state index contributed by atoms with van der Waals surface area (Å²) in [6.45, 7) is 6.43. The Balaban J connectivity index is 2.73. The molecule has 2 atom stereocenters. The maximum absolute atomic E-state index is 11.9. The van der Waals surface area contributed by atoms with Gasteiger partial charge in [0.15, 0.2) is 0 Å². The number of halogens is 1. The topological polar surface area (TPSA) is 58.4 Å². The van der Waals surface area contributed by atoms with Gasteiger partial charge in [-0.2, -0.15) is 0 Å². The van der Waals surface area contributed by atoms with Gasteiger partial charge >= 0.3 is 0 Å². The fraction of sp³-hybridized carbons (Fsp3) is 0.562. The highest BCUT2D eigenvalue weighted by Crippen LogP contribution is 2.24. The SMILES string of the molecule is CC(C)NC(=O)CC(CN)N(C)C(C)c1cccc(Cl)c1. The van der Waals surface area contributed by atoms with Gasteiger partial charge in [0.05, 0.1) is 0 Å². The molecule has 0 spiro atoms. The minimum atomic E-state index is -0.00210. The average molecular weight is 312 g/mol. The van der Waals surface area contributed by atoms with Crippen LogP contribution in [0.3, 0.4) is 0 Å². The molecule has 0 heterocycles. The monoisotopic (exact) mass is 311 g/mol. The highest BCUT2D eigenvalue weighted by molar-refractivity contribution is 6.30. The molecule has 0 aromatic heterocycles. The van der Waals surface area contributed by atoms with E-state index in [1.165, 1.54) is 0 Å². The number of amides is 1. The second-order valence-electron chi connectivity index (χ2n) is 5.71. The third-order valence-corrected chi connectivity index (χ3v) is 3.90. The molecule has 0 fully saturated rings. The number of carbonyl (C=O) groups excluding carboxylic acids is 1. The Bertz CT molecular complexity index is 465. The zero-order chi connectivity index (χ0) is 16.0. The zero-order valence-corrected chi connectivity index (χ0v) is 14.0. The Kier molecular flexibility index (Phi) is 7.15. The molecule has 4 nitrogen and oxygen atoms in total. The molecule has 3 N–H and O–H groups in total. The van der Waals surface area contributed by atoms with E-state index in [1.807, 2.05) is 45.2 Å². The third kappa shape index (κ3) is 5.65. The molecule has 1 rings (SSSR count). The van der Waals surface area contributed by atoms with Crippen molar-refractivity contribution in [2.75, 3.05) is 13.6 Å². The summed E-state index contributed by atoms with van der Waals surface area (Å²) in [6.07, 6.45) is 0.399. The normalized spacial score (nSPS) is 14.3. The van der Waals surface area contributed by atoms with Crippen LogP contribution in [0.25, 0.3) is 0 Å². The summed E-state index contributed by atoms with van der Waals surface area (Å²) in [4.78, 5) is 14.1. The Morgan fingerprint density at radius 3 is 2.57 bits per heavy atom. The van der Waals surface area contributed by atoms with Gasteiger partial charge < -0.3 is 11.1 Å². The van der Waals surface area contributed by atoms with Gasteiger partial charge in [-0.05, 0) is 45.5 Å². The average Bonchev–Trinajstić information content (AvgIpc) is 2.42. The van der Waals surface area contributed by atoms with E-state index in [4.69, 9.17) is 17.3 Å². The van der Waals surface area contributed by atoms with Crippen LogP contribution in [0.1, 0.15) is 38.8 Å². The van der Waals surface area contributed by atoms with Crippen LogP contribution in [0.5, 0.6) is 0 Å². The molecule has 1 amide bonds. The van der Waals surface area contributed by atoms with E-state index in [-0.39, 0.29) is 24.0 Å². The molecular formula is C16H26ClN3O. The molecule has 0 radical (unpaired) electrons. The van der Waals surface area contributed by atoms with Crippen molar-refractivity contribution in [3.8, 4) is 0 Å². The second kappa shape index (κ2) is 8.37. The van der Waals surface area contributed by atoms with Crippen LogP contribution in [0.2, 0.25) is 5.02 Å². The fourth-order valence-corrected chi connectivity index (χ4v) is 2.51. The minimum Gasteiger partial charge on any atom is -0.354 e. The maximum Gasteiger partial charge on any atom is 0.221 e. The lowest BCUT2D eigenvalue weighted by Crippen LogP contribution is -2.44. The molecule has 21 heavy (non-hydrogen) atoms. The van der Waals surface area contributed by atoms with Gasteiger partial charge in [0.2, 0.25) is 5.91 Å². The highest BCUT2D eigenvalue weighted by atomic mass is 35.5. The van der Waals surface area contributed by atoms with Gasteiger partial charge in [0.25, 0.3) is 0 Å². The van der Waals surface area contributed by atoms with E-state index in [9.17, 15) is 4.79 Å². The van der Waals surface area contributed by atoms with Crippen LogP contribution in [-0.2, 0) is 4.79 Å². The molecular weight excluding hydrogens is 286 g/mol.